The fraction of sp³-hybridized carbons (Fsp3) is 0.562. The Hall–Kier alpha value is -2.62. The number of carbonyl (C=O) groups excluding carboxylic acids is 2. The van der Waals surface area contributed by atoms with E-state index in [1.165, 1.54) is 28.2 Å². The smallest absolute Gasteiger partial charge is 0.243 e. The summed E-state index contributed by atoms with van der Waals surface area (Å²) in [5.41, 5.74) is 2.91. The van der Waals surface area contributed by atoms with Crippen LogP contribution in [-0.4, -0.2) is 72.2 Å². The largest absolute Gasteiger partial charge is 0.493 e. The van der Waals surface area contributed by atoms with Gasteiger partial charge in [0.15, 0.2) is 0 Å². The van der Waals surface area contributed by atoms with Gasteiger partial charge in [0, 0.05) is 31.6 Å². The van der Waals surface area contributed by atoms with Gasteiger partial charge in [-0.3, -0.25) is 9.59 Å². The van der Waals surface area contributed by atoms with Crippen molar-refractivity contribution in [2.75, 3.05) is 32.2 Å². The summed E-state index contributed by atoms with van der Waals surface area (Å²) in [5, 5.41) is 18.1. The lowest BCUT2D eigenvalue weighted by Crippen LogP contribution is -2.55. The Labute approximate surface area is 247 Å². The van der Waals surface area contributed by atoms with Gasteiger partial charge in [-0.15, -0.1) is 0 Å². The van der Waals surface area contributed by atoms with Crippen molar-refractivity contribution in [2.24, 2.45) is 0 Å². The molecule has 4 rings (SSSR count). The highest BCUT2D eigenvalue weighted by Gasteiger charge is 2.44. The Bertz CT molecular complexity index is 1190. The van der Waals surface area contributed by atoms with Crippen LogP contribution >= 0.6 is 11.8 Å². The number of aliphatic hydroxyl groups is 1. The maximum absolute atomic E-state index is 14.6. The Morgan fingerprint density at radius 3 is 2.76 bits per heavy atom. The van der Waals surface area contributed by atoms with Gasteiger partial charge in [0.2, 0.25) is 11.8 Å². The van der Waals surface area contributed by atoms with Gasteiger partial charge in [-0.25, -0.2) is 4.39 Å². The van der Waals surface area contributed by atoms with Crippen molar-refractivity contribution in [3.05, 3.63) is 65.0 Å². The second-order valence-electron chi connectivity index (χ2n) is 11.3. The molecule has 1 saturated carbocycles. The first-order valence-electron chi connectivity index (χ1n) is 14.7. The SMILES string of the molecule is CCc1cccc(C2(NC[C@@H](O)[C@@H]3Cc4cc(F)cc(c4)OCCCCC(=O)N(C)[C@@H](CCSC)C(=O)N3)CC2)c1. The third kappa shape index (κ3) is 8.46. The maximum atomic E-state index is 14.6. The lowest BCUT2D eigenvalue weighted by Gasteiger charge is -2.32. The van der Waals surface area contributed by atoms with Crippen molar-refractivity contribution in [3.8, 4) is 5.75 Å². The first-order chi connectivity index (χ1) is 19.7. The molecule has 0 spiro atoms. The second-order valence-corrected chi connectivity index (χ2v) is 12.3. The summed E-state index contributed by atoms with van der Waals surface area (Å²) in [5.74, 6) is 0.279. The number of nitrogens with one attached hydrogen (secondary N) is 2. The van der Waals surface area contributed by atoms with E-state index in [1.54, 1.807) is 24.9 Å². The van der Waals surface area contributed by atoms with E-state index >= 15 is 0 Å². The summed E-state index contributed by atoms with van der Waals surface area (Å²) in [4.78, 5) is 28.2. The molecule has 2 aliphatic rings. The van der Waals surface area contributed by atoms with Crippen LogP contribution in [0.5, 0.6) is 5.75 Å². The predicted molar refractivity (Wildman–Crippen MR) is 162 cm³/mol. The second kappa shape index (κ2) is 14.5. The van der Waals surface area contributed by atoms with Crippen molar-refractivity contribution in [2.45, 2.75) is 82.0 Å². The summed E-state index contributed by atoms with van der Waals surface area (Å²) in [6.07, 6.45) is 6.18. The maximum Gasteiger partial charge on any atom is 0.243 e. The lowest BCUT2D eigenvalue weighted by molar-refractivity contribution is -0.139. The summed E-state index contributed by atoms with van der Waals surface area (Å²) >= 11 is 1.62. The summed E-state index contributed by atoms with van der Waals surface area (Å²) in [7, 11) is 1.67. The zero-order valence-corrected chi connectivity index (χ0v) is 25.3. The first kappa shape index (κ1) is 31.3. The van der Waals surface area contributed by atoms with Crippen LogP contribution in [0, 0.1) is 5.82 Å². The molecule has 1 aliphatic carbocycles. The van der Waals surface area contributed by atoms with Gasteiger partial charge in [0.05, 0.1) is 18.8 Å². The Morgan fingerprint density at radius 1 is 1.22 bits per heavy atom. The van der Waals surface area contributed by atoms with Crippen LogP contribution in [0.2, 0.25) is 0 Å². The molecule has 2 amide bonds. The van der Waals surface area contributed by atoms with E-state index in [0.717, 1.165) is 19.3 Å². The van der Waals surface area contributed by atoms with Crippen LogP contribution in [0.3, 0.4) is 0 Å². The number of halogens is 1. The number of fused-ring (bicyclic) bond motifs is 2. The van der Waals surface area contributed by atoms with E-state index < -0.39 is 24.0 Å². The summed E-state index contributed by atoms with van der Waals surface area (Å²) in [6.45, 7) is 2.75. The number of aryl methyl sites for hydroxylation is 1. The monoisotopic (exact) mass is 585 g/mol. The molecule has 0 unspecified atom stereocenters. The molecule has 7 nitrogen and oxygen atoms in total. The molecular formula is C32H44FN3O4S. The fourth-order valence-electron chi connectivity index (χ4n) is 5.51. The molecule has 9 heteroatoms. The van der Waals surface area contributed by atoms with Crippen LogP contribution < -0.4 is 15.4 Å². The van der Waals surface area contributed by atoms with Crippen molar-refractivity contribution in [1.29, 1.82) is 0 Å². The van der Waals surface area contributed by atoms with Gasteiger partial charge in [-0.05, 0) is 85.8 Å². The molecular weight excluding hydrogens is 541 g/mol. The third-order valence-electron chi connectivity index (χ3n) is 8.28. The minimum Gasteiger partial charge on any atom is -0.493 e. The Kier molecular flexibility index (Phi) is 11.1. The van der Waals surface area contributed by atoms with Crippen LogP contribution in [0.4, 0.5) is 4.39 Å². The Morgan fingerprint density at radius 2 is 2.02 bits per heavy atom. The minimum absolute atomic E-state index is 0.100. The summed E-state index contributed by atoms with van der Waals surface area (Å²) in [6, 6.07) is 11.7. The molecule has 41 heavy (non-hydrogen) atoms. The fourth-order valence-corrected chi connectivity index (χ4v) is 5.97. The number of nitrogens with zero attached hydrogens (tertiary/aromatic N) is 1. The number of benzene rings is 2. The van der Waals surface area contributed by atoms with E-state index in [4.69, 9.17) is 4.74 Å². The van der Waals surface area contributed by atoms with Gasteiger partial charge < -0.3 is 25.4 Å². The van der Waals surface area contributed by atoms with Gasteiger partial charge in [-0.2, -0.15) is 11.8 Å². The molecule has 1 aliphatic heterocycles. The van der Waals surface area contributed by atoms with Gasteiger partial charge in [0.25, 0.3) is 0 Å². The van der Waals surface area contributed by atoms with E-state index in [9.17, 15) is 19.1 Å². The lowest BCUT2D eigenvalue weighted by atomic mass is 9.98. The van der Waals surface area contributed by atoms with Crippen LogP contribution in [0.25, 0.3) is 0 Å². The van der Waals surface area contributed by atoms with Gasteiger partial charge in [0.1, 0.15) is 17.6 Å². The number of likely N-dealkylation sites (N-methyl/N-ethyl adjacent to an activating group) is 1. The molecule has 0 radical (unpaired) electrons. The molecule has 2 bridgehead atoms. The normalized spacial score (nSPS) is 22.2. The van der Waals surface area contributed by atoms with Crippen LogP contribution in [0.1, 0.15) is 62.1 Å². The number of hydrogen-bond acceptors (Lipinski definition) is 6. The van der Waals surface area contributed by atoms with E-state index in [0.29, 0.717) is 49.4 Å². The minimum atomic E-state index is -0.948. The van der Waals surface area contributed by atoms with Gasteiger partial charge in [-0.1, -0.05) is 31.2 Å². The average Bonchev–Trinajstić information content (AvgIpc) is 3.76. The van der Waals surface area contributed by atoms with Crippen molar-refractivity contribution in [3.63, 3.8) is 0 Å². The van der Waals surface area contributed by atoms with Crippen molar-refractivity contribution in [1.82, 2.24) is 15.5 Å². The summed E-state index contributed by atoms with van der Waals surface area (Å²) < 4.78 is 20.4. The Balaban J connectivity index is 1.57. The molecule has 1 heterocycles. The van der Waals surface area contributed by atoms with Gasteiger partial charge >= 0.3 is 0 Å². The molecule has 2 aromatic rings. The number of hydrogen-bond donors (Lipinski definition) is 3. The molecule has 2 aromatic carbocycles. The number of carbonyl (C=O) groups is 2. The highest BCUT2D eigenvalue weighted by Crippen LogP contribution is 2.45. The standard InChI is InChI=1S/C32H44FN3O4S/c1-4-22-8-7-9-24(16-22)32(12-13-32)34-21-29(37)27-19-23-17-25(33)20-26(18-23)40-14-6-5-10-30(38)36(2)28(11-15-41-3)31(39)35-27/h7-9,16-18,20,27-29,34,37H,4-6,10-15,19,21H2,1-3H3,(H,35,39)/t27-,28-,29+/m0/s1. The first-order valence-corrected chi connectivity index (χ1v) is 16.1. The van der Waals surface area contributed by atoms with E-state index in [-0.39, 0.29) is 30.3 Å². The highest BCUT2D eigenvalue weighted by atomic mass is 32.2. The molecule has 3 atom stereocenters. The zero-order valence-electron chi connectivity index (χ0n) is 24.5. The van der Waals surface area contributed by atoms with Crippen LogP contribution in [0.15, 0.2) is 42.5 Å². The topological polar surface area (TPSA) is 90.9 Å². The molecule has 224 valence electrons. The quantitative estimate of drug-likeness (QED) is 0.409. The molecule has 0 saturated heterocycles. The number of aliphatic hydroxyl groups excluding tert-OH is 1. The van der Waals surface area contributed by atoms with Crippen molar-refractivity contribution >= 4 is 23.6 Å². The molecule has 3 N–H and O–H groups in total. The third-order valence-corrected chi connectivity index (χ3v) is 8.92. The van der Waals surface area contributed by atoms with E-state index in [1.807, 2.05) is 6.26 Å². The van der Waals surface area contributed by atoms with Crippen molar-refractivity contribution < 1.29 is 23.8 Å². The number of amides is 2. The van der Waals surface area contributed by atoms with E-state index in [2.05, 4.69) is 41.8 Å². The average molecular weight is 586 g/mol. The number of thioether (sulfide) groups is 1. The predicted octanol–water partition coefficient (Wildman–Crippen LogP) is 4.20. The number of ether oxygens (including phenoxy) is 1. The zero-order chi connectivity index (χ0) is 29.4. The highest BCUT2D eigenvalue weighted by molar-refractivity contribution is 7.98. The molecule has 0 aromatic heterocycles. The van der Waals surface area contributed by atoms with Crippen LogP contribution in [-0.2, 0) is 28.0 Å². The number of rotatable bonds is 9. The molecule has 1 fully saturated rings.